The van der Waals surface area contributed by atoms with Crippen LogP contribution in [-0.4, -0.2) is 43.3 Å². The molecule has 1 saturated heterocycles. The lowest BCUT2D eigenvalue weighted by Crippen LogP contribution is -2.40. The maximum absolute atomic E-state index is 13.8. The van der Waals surface area contributed by atoms with Crippen molar-refractivity contribution in [3.63, 3.8) is 0 Å². The predicted octanol–water partition coefficient (Wildman–Crippen LogP) is 3.37. The molecule has 1 amide bonds. The van der Waals surface area contributed by atoms with Crippen molar-refractivity contribution in [1.29, 1.82) is 0 Å². The molecule has 3 N–H and O–H groups in total. The summed E-state index contributed by atoms with van der Waals surface area (Å²) in [7, 11) is -4.03. The number of nitrogens with two attached hydrogens (primary N) is 1. The molecule has 33 heavy (non-hydrogen) atoms. The van der Waals surface area contributed by atoms with Gasteiger partial charge in [0, 0.05) is 55.5 Å². The van der Waals surface area contributed by atoms with Crippen molar-refractivity contribution in [3.05, 3.63) is 41.2 Å². The van der Waals surface area contributed by atoms with Crippen LogP contribution in [-0.2, 0) is 10.0 Å². The van der Waals surface area contributed by atoms with Crippen LogP contribution in [0.25, 0.3) is 0 Å². The first-order chi connectivity index (χ1) is 15.6. The van der Waals surface area contributed by atoms with Gasteiger partial charge in [-0.25, -0.2) is 32.3 Å². The minimum Gasteiger partial charge on any atom is -0.355 e. The largest absolute Gasteiger partial charge is 0.355 e. The van der Waals surface area contributed by atoms with E-state index in [0.29, 0.717) is 23.2 Å². The van der Waals surface area contributed by atoms with E-state index in [4.69, 9.17) is 10.1 Å². The fraction of sp³-hybridized carbons (Fsp3) is 0.500. The Labute approximate surface area is 190 Å². The molecular weight excluding hydrogens is 452 g/mol. The maximum Gasteiger partial charge on any atom is 0.259 e. The number of halogens is 2. The van der Waals surface area contributed by atoms with Gasteiger partial charge in [-0.2, -0.15) is 0 Å². The number of primary sulfonamides is 1. The zero-order chi connectivity index (χ0) is 23.4. The van der Waals surface area contributed by atoms with E-state index in [9.17, 15) is 22.0 Å². The van der Waals surface area contributed by atoms with Gasteiger partial charge in [0.15, 0.2) is 5.03 Å². The number of aromatic nitrogens is 2. The van der Waals surface area contributed by atoms with Crippen molar-refractivity contribution in [1.82, 2.24) is 9.97 Å². The minimum atomic E-state index is -4.03. The van der Waals surface area contributed by atoms with Crippen molar-refractivity contribution in [3.8, 4) is 0 Å². The van der Waals surface area contributed by atoms with E-state index in [0.717, 1.165) is 36.9 Å². The minimum absolute atomic E-state index is 0.109. The molecule has 176 valence electrons. The zero-order valence-electron chi connectivity index (χ0n) is 17.9. The van der Waals surface area contributed by atoms with Crippen LogP contribution in [0, 0.1) is 0 Å². The summed E-state index contributed by atoms with van der Waals surface area (Å²) in [5.74, 6) is -2.05. The van der Waals surface area contributed by atoms with Gasteiger partial charge in [-0.1, -0.05) is 0 Å². The van der Waals surface area contributed by atoms with Gasteiger partial charge in [0.25, 0.3) is 21.9 Å². The molecule has 0 spiro atoms. The van der Waals surface area contributed by atoms with Crippen molar-refractivity contribution in [2.75, 3.05) is 23.3 Å². The second kappa shape index (κ2) is 7.98. The number of piperidine rings is 1. The Morgan fingerprint density at radius 1 is 1.12 bits per heavy atom. The van der Waals surface area contributed by atoms with E-state index < -0.39 is 21.9 Å². The number of pyridine rings is 2. The molecule has 0 radical (unpaired) electrons. The quantitative estimate of drug-likeness (QED) is 0.659. The second-order valence-electron chi connectivity index (χ2n) is 9.11. The molecule has 3 fully saturated rings. The number of carbonyl (C=O) groups excluding carboxylic acids is 1. The maximum atomic E-state index is 13.8. The Balaban J connectivity index is 1.51. The van der Waals surface area contributed by atoms with Gasteiger partial charge in [-0.3, -0.25) is 4.79 Å². The third-order valence-corrected chi connectivity index (χ3v) is 7.17. The van der Waals surface area contributed by atoms with Gasteiger partial charge in [-0.05, 0) is 49.3 Å². The van der Waals surface area contributed by atoms with Gasteiger partial charge >= 0.3 is 0 Å². The number of hydrogen-bond acceptors (Lipinski definition) is 6. The number of rotatable bonds is 6. The lowest BCUT2D eigenvalue weighted by Gasteiger charge is -2.34. The Morgan fingerprint density at radius 2 is 1.79 bits per heavy atom. The van der Waals surface area contributed by atoms with E-state index in [1.54, 1.807) is 4.90 Å². The highest BCUT2D eigenvalue weighted by molar-refractivity contribution is 7.89. The molecule has 5 rings (SSSR count). The third kappa shape index (κ3) is 4.84. The van der Waals surface area contributed by atoms with E-state index in [1.165, 1.54) is 18.3 Å². The summed E-state index contributed by atoms with van der Waals surface area (Å²) in [4.78, 5) is 23.7. The Morgan fingerprint density at radius 3 is 2.39 bits per heavy atom. The van der Waals surface area contributed by atoms with Crippen LogP contribution in [0.4, 0.5) is 20.3 Å². The zero-order valence-corrected chi connectivity index (χ0v) is 18.7. The molecule has 0 unspecified atom stereocenters. The molecule has 2 aromatic heterocycles. The number of amides is 1. The summed E-state index contributed by atoms with van der Waals surface area (Å²) in [6, 6.07) is 4.50. The molecule has 1 aliphatic heterocycles. The number of hydrogen-bond donors (Lipinski definition) is 2. The van der Waals surface area contributed by atoms with Gasteiger partial charge in [0.1, 0.15) is 5.82 Å². The topological polar surface area (TPSA) is 118 Å². The first-order valence-electron chi connectivity index (χ1n) is 11.1. The average Bonchev–Trinajstić information content (AvgIpc) is 3.66. The Hall–Kier alpha value is -2.66. The molecule has 0 atom stereocenters. The van der Waals surface area contributed by atoms with Gasteiger partial charge in [-0.15, -0.1) is 0 Å². The first-order valence-corrected chi connectivity index (χ1v) is 12.6. The van der Waals surface area contributed by atoms with Gasteiger partial charge in [0.2, 0.25) is 0 Å². The van der Waals surface area contributed by atoms with Crippen molar-refractivity contribution >= 4 is 27.4 Å². The second-order valence-corrected chi connectivity index (χ2v) is 10.6. The number of nitrogens with zero attached hydrogens (tertiary/aromatic N) is 3. The molecule has 3 aliphatic rings. The van der Waals surface area contributed by atoms with Crippen molar-refractivity contribution in [2.45, 2.75) is 61.3 Å². The summed E-state index contributed by atoms with van der Waals surface area (Å²) < 4.78 is 50.8. The van der Waals surface area contributed by atoms with Crippen LogP contribution in [0.1, 0.15) is 72.0 Å². The summed E-state index contributed by atoms with van der Waals surface area (Å²) in [6.45, 7) is 0.218. The summed E-state index contributed by atoms with van der Waals surface area (Å²) in [5.41, 5.74) is 2.57. The molecule has 3 heterocycles. The fourth-order valence-corrected chi connectivity index (χ4v) is 4.73. The van der Waals surface area contributed by atoms with Crippen LogP contribution in [0.3, 0.4) is 0 Å². The molecule has 11 heteroatoms. The van der Waals surface area contributed by atoms with Crippen LogP contribution in [0.5, 0.6) is 0 Å². The highest BCUT2D eigenvalue weighted by Gasteiger charge is 2.39. The molecule has 2 saturated carbocycles. The summed E-state index contributed by atoms with van der Waals surface area (Å²) >= 11 is 0. The van der Waals surface area contributed by atoms with Gasteiger partial charge in [0.05, 0.1) is 5.56 Å². The van der Waals surface area contributed by atoms with Crippen LogP contribution in [0.15, 0.2) is 29.4 Å². The fourth-order valence-electron chi connectivity index (χ4n) is 4.23. The predicted molar refractivity (Wildman–Crippen MR) is 118 cm³/mol. The Kier molecular flexibility index (Phi) is 5.36. The molecule has 0 aromatic carbocycles. The molecule has 2 aromatic rings. The summed E-state index contributed by atoms with van der Waals surface area (Å²) in [5, 5.41) is 7.48. The van der Waals surface area contributed by atoms with Crippen LogP contribution in [0.2, 0.25) is 0 Å². The summed E-state index contributed by atoms with van der Waals surface area (Å²) in [6.07, 6.45) is 4.83. The first kappa shape index (κ1) is 22.1. The number of anilines is 2. The highest BCUT2D eigenvalue weighted by atomic mass is 32.2. The highest BCUT2D eigenvalue weighted by Crippen LogP contribution is 2.49. The number of nitrogens with one attached hydrogen (secondary N) is 1. The molecule has 8 nitrogen and oxygen atoms in total. The van der Waals surface area contributed by atoms with Gasteiger partial charge < -0.3 is 10.2 Å². The van der Waals surface area contributed by atoms with E-state index in [1.807, 2.05) is 6.07 Å². The van der Waals surface area contributed by atoms with Crippen LogP contribution < -0.4 is 15.4 Å². The lowest BCUT2D eigenvalue weighted by molar-refractivity contribution is -0.0221. The molecular formula is C22H25F2N5O3S. The smallest absolute Gasteiger partial charge is 0.259 e. The van der Waals surface area contributed by atoms with Crippen molar-refractivity contribution < 1.29 is 22.0 Å². The van der Waals surface area contributed by atoms with E-state index in [-0.39, 0.29) is 36.6 Å². The number of alkyl halides is 2. The average molecular weight is 478 g/mol. The standard InChI is InChI=1S/C22H25F2N5O3S/c23-22(24)6-9-29(10-7-22)20-17(12-16(13-1-2-13)19(28-20)14-3-4-14)21(30)27-15-5-8-26-18(11-15)33(25,31)32/h5,8,11-14H,1-4,6-7,9-10H2,(H2,25,31,32)(H,26,27,30). The molecule has 0 bridgehead atoms. The number of sulfonamides is 1. The number of carbonyl (C=O) groups is 1. The van der Waals surface area contributed by atoms with Crippen molar-refractivity contribution in [2.24, 2.45) is 5.14 Å². The van der Waals surface area contributed by atoms with E-state index >= 15 is 0 Å². The monoisotopic (exact) mass is 477 g/mol. The molecule has 2 aliphatic carbocycles. The Bertz CT molecular complexity index is 1200. The lowest BCUT2D eigenvalue weighted by atomic mass is 10.0. The van der Waals surface area contributed by atoms with E-state index in [2.05, 4.69) is 10.3 Å². The normalized spacial score (nSPS) is 20.5. The third-order valence-electron chi connectivity index (χ3n) is 6.37. The van der Waals surface area contributed by atoms with Crippen LogP contribution >= 0.6 is 0 Å². The SMILES string of the molecule is NS(=O)(=O)c1cc(NC(=O)c2cc(C3CC3)c(C3CC3)nc2N2CCC(F)(F)CC2)ccn1.